The van der Waals surface area contributed by atoms with Crippen LogP contribution in [0.25, 0.3) is 22.3 Å². The van der Waals surface area contributed by atoms with Crippen molar-refractivity contribution in [1.82, 2.24) is 0 Å². The summed E-state index contributed by atoms with van der Waals surface area (Å²) < 4.78 is 22.1. The first-order valence-electron chi connectivity index (χ1n) is 19.6. The summed E-state index contributed by atoms with van der Waals surface area (Å²) in [6.45, 7) is 8.65. The van der Waals surface area contributed by atoms with Crippen LogP contribution in [0, 0.1) is 5.92 Å². The molecular formula is C46H54Cl2O7. The number of esters is 3. The van der Waals surface area contributed by atoms with Gasteiger partial charge in [-0.05, 0) is 84.5 Å². The molecule has 0 aliphatic heterocycles. The van der Waals surface area contributed by atoms with Gasteiger partial charge < -0.3 is 18.9 Å². The average Bonchev–Trinajstić information content (AvgIpc) is 3.19. The molecule has 55 heavy (non-hydrogen) atoms. The Bertz CT molecular complexity index is 1820. The second-order valence-corrected chi connectivity index (χ2v) is 14.9. The maximum atomic E-state index is 13.0. The second kappa shape index (κ2) is 22.9. The monoisotopic (exact) mass is 788 g/mol. The Hall–Kier alpha value is -4.33. The molecule has 0 amide bonds. The molecule has 0 bridgehead atoms. The number of unbranched alkanes of at least 4 members (excludes halogenated alkanes) is 9. The summed E-state index contributed by atoms with van der Waals surface area (Å²) >= 11 is 13.2. The Morgan fingerprint density at radius 2 is 1.20 bits per heavy atom. The van der Waals surface area contributed by atoms with Gasteiger partial charge in [-0.2, -0.15) is 0 Å². The molecule has 0 aliphatic carbocycles. The summed E-state index contributed by atoms with van der Waals surface area (Å²) in [5.41, 5.74) is 3.90. The Morgan fingerprint density at radius 3 is 1.80 bits per heavy atom. The highest BCUT2D eigenvalue weighted by Gasteiger charge is 2.21. The largest absolute Gasteiger partial charge is 0.492 e. The first-order valence-corrected chi connectivity index (χ1v) is 20.4. The molecule has 0 aromatic heterocycles. The molecule has 0 aliphatic rings. The predicted octanol–water partition coefficient (Wildman–Crippen LogP) is 13.0. The molecule has 4 rings (SSSR count). The maximum absolute atomic E-state index is 13.0. The van der Waals surface area contributed by atoms with Crippen molar-refractivity contribution >= 4 is 41.1 Å². The Balaban J connectivity index is 1.24. The summed E-state index contributed by atoms with van der Waals surface area (Å²) in [5, 5.41) is 0.911. The lowest BCUT2D eigenvalue weighted by Gasteiger charge is -2.15. The fourth-order valence-electron chi connectivity index (χ4n) is 5.85. The molecule has 0 unspecified atom stereocenters. The number of rotatable bonds is 22. The van der Waals surface area contributed by atoms with E-state index in [1.165, 1.54) is 58.3 Å². The van der Waals surface area contributed by atoms with Crippen molar-refractivity contribution in [3.8, 4) is 33.8 Å². The zero-order valence-electron chi connectivity index (χ0n) is 32.5. The molecule has 0 spiro atoms. The van der Waals surface area contributed by atoms with Gasteiger partial charge in [-0.3, -0.25) is 0 Å². The van der Waals surface area contributed by atoms with Gasteiger partial charge in [-0.1, -0.05) is 139 Å². The van der Waals surface area contributed by atoms with Crippen LogP contribution in [-0.2, 0) is 14.3 Å². The summed E-state index contributed by atoms with van der Waals surface area (Å²) in [7, 11) is 0. The highest BCUT2D eigenvalue weighted by Crippen LogP contribution is 2.33. The van der Waals surface area contributed by atoms with Gasteiger partial charge in [0.15, 0.2) is 6.10 Å². The number of halogens is 2. The third kappa shape index (κ3) is 14.0. The molecule has 4 aromatic rings. The minimum Gasteiger partial charge on any atom is -0.492 e. The quantitative estimate of drug-likeness (QED) is 0.0445. The predicted molar refractivity (Wildman–Crippen MR) is 221 cm³/mol. The van der Waals surface area contributed by atoms with Crippen LogP contribution in [0.3, 0.4) is 0 Å². The van der Waals surface area contributed by atoms with Crippen molar-refractivity contribution in [3.63, 3.8) is 0 Å². The first kappa shape index (κ1) is 43.4. The van der Waals surface area contributed by atoms with Gasteiger partial charge in [-0.25, -0.2) is 14.4 Å². The van der Waals surface area contributed by atoms with Crippen molar-refractivity contribution in [1.29, 1.82) is 0 Å². The van der Waals surface area contributed by atoms with Gasteiger partial charge in [0.25, 0.3) is 0 Å². The number of benzene rings is 4. The van der Waals surface area contributed by atoms with Gasteiger partial charge in [0.2, 0.25) is 0 Å². The van der Waals surface area contributed by atoms with Gasteiger partial charge in [-0.15, -0.1) is 0 Å². The summed E-state index contributed by atoms with van der Waals surface area (Å²) in [6.07, 6.45) is 12.6. The van der Waals surface area contributed by atoms with Crippen molar-refractivity contribution in [2.45, 2.75) is 104 Å². The van der Waals surface area contributed by atoms with Gasteiger partial charge in [0.05, 0.1) is 34.4 Å². The highest BCUT2D eigenvalue weighted by molar-refractivity contribution is 6.33. The van der Waals surface area contributed by atoms with E-state index in [0.717, 1.165) is 36.0 Å². The van der Waals surface area contributed by atoms with Crippen molar-refractivity contribution < 1.29 is 33.3 Å². The molecule has 0 heterocycles. The molecule has 0 radical (unpaired) electrons. The van der Waals surface area contributed by atoms with Crippen LogP contribution < -0.4 is 9.47 Å². The molecular weight excluding hydrogens is 735 g/mol. The Morgan fingerprint density at radius 1 is 0.618 bits per heavy atom. The van der Waals surface area contributed by atoms with Gasteiger partial charge >= 0.3 is 17.9 Å². The smallest absolute Gasteiger partial charge is 0.347 e. The number of hydrogen-bond acceptors (Lipinski definition) is 7. The van der Waals surface area contributed by atoms with E-state index in [1.807, 2.05) is 44.2 Å². The lowest BCUT2D eigenvalue weighted by Crippen LogP contribution is -2.27. The number of ether oxygens (including phenoxy) is 4. The van der Waals surface area contributed by atoms with Crippen LogP contribution in [0.5, 0.6) is 11.5 Å². The van der Waals surface area contributed by atoms with Crippen LogP contribution >= 0.6 is 23.2 Å². The number of carbonyl (C=O) groups excluding carboxylic acids is 3. The van der Waals surface area contributed by atoms with Crippen LogP contribution in [0.1, 0.15) is 119 Å². The summed E-state index contributed by atoms with van der Waals surface area (Å²) in [4.78, 5) is 37.8. The molecule has 0 N–H and O–H groups in total. The minimum atomic E-state index is -1.03. The van der Waals surface area contributed by atoms with E-state index in [1.54, 1.807) is 54.6 Å². The first-order chi connectivity index (χ1) is 26.6. The van der Waals surface area contributed by atoms with Crippen LogP contribution in [0.2, 0.25) is 10.0 Å². The Labute approximate surface area is 336 Å². The van der Waals surface area contributed by atoms with Crippen molar-refractivity contribution in [2.24, 2.45) is 5.92 Å². The fourth-order valence-corrected chi connectivity index (χ4v) is 6.36. The van der Waals surface area contributed by atoms with Crippen molar-refractivity contribution in [3.05, 3.63) is 106 Å². The van der Waals surface area contributed by atoms with Crippen LogP contribution in [-0.4, -0.2) is 37.2 Å². The molecule has 0 fully saturated rings. The normalized spacial score (nSPS) is 12.1. The summed E-state index contributed by atoms with van der Waals surface area (Å²) in [5.74, 6) is -0.553. The fraction of sp³-hybridized carbons (Fsp3) is 0.413. The zero-order chi connectivity index (χ0) is 39.6. The molecule has 4 aromatic carbocycles. The molecule has 0 saturated carbocycles. The van der Waals surface area contributed by atoms with E-state index in [4.69, 9.17) is 42.1 Å². The van der Waals surface area contributed by atoms with Crippen molar-refractivity contribution in [2.75, 3.05) is 13.2 Å². The maximum Gasteiger partial charge on any atom is 0.347 e. The topological polar surface area (TPSA) is 88.1 Å². The van der Waals surface area contributed by atoms with Crippen LogP contribution in [0.15, 0.2) is 84.9 Å². The lowest BCUT2D eigenvalue weighted by atomic mass is 10.0. The van der Waals surface area contributed by atoms with Crippen LogP contribution in [0.4, 0.5) is 0 Å². The molecule has 7 nitrogen and oxygen atoms in total. The second-order valence-electron chi connectivity index (χ2n) is 14.1. The third-order valence-corrected chi connectivity index (χ3v) is 10.2. The van der Waals surface area contributed by atoms with E-state index < -0.39 is 24.0 Å². The van der Waals surface area contributed by atoms with Gasteiger partial charge in [0.1, 0.15) is 11.5 Å². The SMILES string of the molecule is CCCCCCCCCCCCOc1ccc(-c2ccc(C(=O)Oc3ccc(-c4ccc(C(=O)O[C@@H](C)C(=O)OC[C@@H](C)CC)cc4)c(Cl)c3)cc2)cc1Cl. The minimum absolute atomic E-state index is 0.227. The van der Waals surface area contributed by atoms with E-state index in [0.29, 0.717) is 33.5 Å². The standard InChI is InChI=1S/C46H54Cl2O7/c1-5-7-8-9-10-11-12-13-14-15-28-52-43-27-24-38(29-42(43)48)34-16-20-37(21-17-34)46(51)55-39-25-26-40(41(47)30-39)35-18-22-36(23-19-35)45(50)54-33(4)44(49)53-31-32(3)6-2/h16-27,29-30,32-33H,5-15,28,31H2,1-4H3/t32-,33-/m0/s1. The molecule has 0 saturated heterocycles. The van der Waals surface area contributed by atoms with E-state index >= 15 is 0 Å². The van der Waals surface area contributed by atoms with E-state index in [-0.39, 0.29) is 23.8 Å². The average molecular weight is 790 g/mol. The molecule has 2 atom stereocenters. The third-order valence-electron chi connectivity index (χ3n) is 9.55. The highest BCUT2D eigenvalue weighted by atomic mass is 35.5. The lowest BCUT2D eigenvalue weighted by molar-refractivity contribution is -0.154. The summed E-state index contributed by atoms with van der Waals surface area (Å²) in [6, 6.07) is 24.5. The van der Waals surface area contributed by atoms with Gasteiger partial charge in [0, 0.05) is 11.6 Å². The number of carbonyl (C=O) groups is 3. The van der Waals surface area contributed by atoms with E-state index in [2.05, 4.69) is 6.92 Å². The molecule has 9 heteroatoms. The zero-order valence-corrected chi connectivity index (χ0v) is 34.1. The number of hydrogen-bond donors (Lipinski definition) is 0. The van der Waals surface area contributed by atoms with E-state index in [9.17, 15) is 14.4 Å². The Kier molecular flexibility index (Phi) is 18.1. The molecule has 294 valence electrons.